The molecule has 0 amide bonds. The molecule has 0 aromatic carbocycles. The fraction of sp³-hybridized carbons (Fsp3) is 0.889. The van der Waals surface area contributed by atoms with Gasteiger partial charge in [0.25, 0.3) is 0 Å². The van der Waals surface area contributed by atoms with Gasteiger partial charge in [0.15, 0.2) is 0 Å². The van der Waals surface area contributed by atoms with E-state index in [0.29, 0.717) is 5.84 Å². The van der Waals surface area contributed by atoms with Crippen molar-refractivity contribution >= 4 is 5.84 Å². The molecule has 0 bridgehead atoms. The van der Waals surface area contributed by atoms with Gasteiger partial charge >= 0.3 is 0 Å². The van der Waals surface area contributed by atoms with Gasteiger partial charge in [0.2, 0.25) is 0 Å². The summed E-state index contributed by atoms with van der Waals surface area (Å²) >= 11 is 0. The molecule has 12 heavy (non-hydrogen) atoms. The molecule has 0 aliphatic carbocycles. The van der Waals surface area contributed by atoms with E-state index >= 15 is 0 Å². The molecule has 2 N–H and O–H groups in total. The SMILES string of the molecule is CC(C)N=C(N)C1(C)CCCO1. The molecule has 1 heterocycles. The Bertz CT molecular complexity index is 181. The summed E-state index contributed by atoms with van der Waals surface area (Å²) < 4.78 is 5.55. The maximum absolute atomic E-state index is 5.84. The van der Waals surface area contributed by atoms with E-state index in [1.165, 1.54) is 0 Å². The monoisotopic (exact) mass is 170 g/mol. The van der Waals surface area contributed by atoms with Gasteiger partial charge in [0, 0.05) is 12.6 Å². The zero-order valence-corrected chi connectivity index (χ0v) is 8.13. The van der Waals surface area contributed by atoms with Crippen LogP contribution in [0.15, 0.2) is 4.99 Å². The molecule has 1 rings (SSSR count). The highest BCUT2D eigenvalue weighted by atomic mass is 16.5. The normalized spacial score (nSPS) is 31.5. The van der Waals surface area contributed by atoms with Gasteiger partial charge in [-0.25, -0.2) is 0 Å². The molecule has 0 radical (unpaired) electrons. The van der Waals surface area contributed by atoms with E-state index in [0.717, 1.165) is 19.4 Å². The van der Waals surface area contributed by atoms with Gasteiger partial charge in [-0.1, -0.05) is 0 Å². The second-order valence-electron chi connectivity index (χ2n) is 3.79. The molecule has 0 aromatic heterocycles. The van der Waals surface area contributed by atoms with Crippen molar-refractivity contribution in [2.75, 3.05) is 6.61 Å². The van der Waals surface area contributed by atoms with Gasteiger partial charge in [-0.2, -0.15) is 0 Å². The molecular weight excluding hydrogens is 152 g/mol. The van der Waals surface area contributed by atoms with Crippen molar-refractivity contribution in [3.63, 3.8) is 0 Å². The summed E-state index contributed by atoms with van der Waals surface area (Å²) in [6, 6.07) is 0.256. The minimum atomic E-state index is -0.287. The van der Waals surface area contributed by atoms with Crippen LogP contribution < -0.4 is 5.73 Å². The Labute approximate surface area is 74.0 Å². The quantitative estimate of drug-likeness (QED) is 0.502. The minimum absolute atomic E-state index is 0.256. The molecule has 3 nitrogen and oxygen atoms in total. The average molecular weight is 170 g/mol. The van der Waals surface area contributed by atoms with Crippen molar-refractivity contribution in [1.29, 1.82) is 0 Å². The number of rotatable bonds is 2. The molecule has 1 aliphatic rings. The maximum atomic E-state index is 5.84. The first-order valence-corrected chi connectivity index (χ1v) is 4.52. The van der Waals surface area contributed by atoms with Gasteiger partial charge < -0.3 is 10.5 Å². The Morgan fingerprint density at radius 2 is 2.25 bits per heavy atom. The maximum Gasteiger partial charge on any atom is 0.126 e. The molecule has 0 spiro atoms. The molecule has 1 saturated heterocycles. The lowest BCUT2D eigenvalue weighted by Gasteiger charge is -2.22. The van der Waals surface area contributed by atoms with Crippen molar-refractivity contribution in [3.8, 4) is 0 Å². The zero-order valence-electron chi connectivity index (χ0n) is 8.13. The van der Waals surface area contributed by atoms with E-state index in [1.807, 2.05) is 20.8 Å². The molecule has 3 heteroatoms. The van der Waals surface area contributed by atoms with Crippen molar-refractivity contribution in [1.82, 2.24) is 0 Å². The van der Waals surface area contributed by atoms with Gasteiger partial charge in [-0.05, 0) is 33.6 Å². The summed E-state index contributed by atoms with van der Waals surface area (Å²) in [5, 5.41) is 0. The van der Waals surface area contributed by atoms with Crippen LogP contribution in [0, 0.1) is 0 Å². The first kappa shape index (κ1) is 9.52. The van der Waals surface area contributed by atoms with Gasteiger partial charge in [0.1, 0.15) is 11.4 Å². The van der Waals surface area contributed by atoms with Crippen LogP contribution in [0.1, 0.15) is 33.6 Å². The van der Waals surface area contributed by atoms with Gasteiger partial charge in [0.05, 0.1) is 0 Å². The third-order valence-corrected chi connectivity index (χ3v) is 2.16. The highest BCUT2D eigenvalue weighted by Crippen LogP contribution is 2.25. The predicted molar refractivity (Wildman–Crippen MR) is 50.3 cm³/mol. The number of nitrogens with zero attached hydrogens (tertiary/aromatic N) is 1. The summed E-state index contributed by atoms with van der Waals surface area (Å²) in [5.41, 5.74) is 5.55. The molecular formula is C9H18N2O. The molecule has 1 atom stereocenters. The number of aliphatic imine (C=N–C) groups is 1. The zero-order chi connectivity index (χ0) is 9.19. The van der Waals surface area contributed by atoms with Crippen LogP contribution in [-0.4, -0.2) is 24.1 Å². The Kier molecular flexibility index (Phi) is 2.73. The fourth-order valence-corrected chi connectivity index (χ4v) is 1.40. The van der Waals surface area contributed by atoms with E-state index in [1.54, 1.807) is 0 Å². The lowest BCUT2D eigenvalue weighted by Crippen LogP contribution is -2.41. The molecule has 1 unspecified atom stereocenters. The highest BCUT2D eigenvalue weighted by molar-refractivity contribution is 5.89. The summed E-state index contributed by atoms with van der Waals surface area (Å²) in [5.74, 6) is 0.648. The Morgan fingerprint density at radius 1 is 1.58 bits per heavy atom. The number of hydrogen-bond acceptors (Lipinski definition) is 2. The summed E-state index contributed by atoms with van der Waals surface area (Å²) in [7, 11) is 0. The van der Waals surface area contributed by atoms with Crippen molar-refractivity contribution < 1.29 is 4.74 Å². The molecule has 1 fully saturated rings. The van der Waals surface area contributed by atoms with Crippen LogP contribution >= 0.6 is 0 Å². The molecule has 70 valence electrons. The topological polar surface area (TPSA) is 47.6 Å². The summed E-state index contributed by atoms with van der Waals surface area (Å²) in [6.45, 7) is 6.86. The highest BCUT2D eigenvalue weighted by Gasteiger charge is 2.33. The third kappa shape index (κ3) is 1.97. The smallest absolute Gasteiger partial charge is 0.126 e. The minimum Gasteiger partial charge on any atom is -0.385 e. The van der Waals surface area contributed by atoms with Gasteiger partial charge in [-0.3, -0.25) is 4.99 Å². The second-order valence-corrected chi connectivity index (χ2v) is 3.79. The van der Waals surface area contributed by atoms with Crippen molar-refractivity contribution in [3.05, 3.63) is 0 Å². The van der Waals surface area contributed by atoms with E-state index in [4.69, 9.17) is 10.5 Å². The number of amidine groups is 1. The number of nitrogens with two attached hydrogens (primary N) is 1. The van der Waals surface area contributed by atoms with Crippen LogP contribution in [0.2, 0.25) is 0 Å². The van der Waals surface area contributed by atoms with Crippen molar-refractivity contribution in [2.24, 2.45) is 10.7 Å². The van der Waals surface area contributed by atoms with Crippen LogP contribution in [0.4, 0.5) is 0 Å². The van der Waals surface area contributed by atoms with E-state index in [9.17, 15) is 0 Å². The molecule has 1 aliphatic heterocycles. The lowest BCUT2D eigenvalue weighted by atomic mass is 10.0. The summed E-state index contributed by atoms with van der Waals surface area (Å²) in [4.78, 5) is 4.30. The van der Waals surface area contributed by atoms with E-state index in [-0.39, 0.29) is 11.6 Å². The first-order valence-electron chi connectivity index (χ1n) is 4.52. The van der Waals surface area contributed by atoms with Crippen LogP contribution in [-0.2, 0) is 4.74 Å². The number of hydrogen-bond donors (Lipinski definition) is 1. The fourth-order valence-electron chi connectivity index (χ4n) is 1.40. The Morgan fingerprint density at radius 3 is 2.67 bits per heavy atom. The number of ether oxygens (including phenoxy) is 1. The Balaban J connectivity index is 2.67. The molecule has 0 saturated carbocycles. The predicted octanol–water partition coefficient (Wildman–Crippen LogP) is 1.32. The van der Waals surface area contributed by atoms with Crippen LogP contribution in [0.5, 0.6) is 0 Å². The van der Waals surface area contributed by atoms with Crippen LogP contribution in [0.3, 0.4) is 0 Å². The van der Waals surface area contributed by atoms with Crippen molar-refractivity contribution in [2.45, 2.75) is 45.3 Å². The standard InChI is InChI=1S/C9H18N2O/c1-7(2)11-8(10)9(3)5-4-6-12-9/h7H,4-6H2,1-3H3,(H2,10,11). The third-order valence-electron chi connectivity index (χ3n) is 2.16. The average Bonchev–Trinajstić information content (AvgIpc) is 2.36. The summed E-state index contributed by atoms with van der Waals surface area (Å²) in [6.07, 6.45) is 2.08. The van der Waals surface area contributed by atoms with Gasteiger partial charge in [-0.15, -0.1) is 0 Å². The van der Waals surface area contributed by atoms with Crippen LogP contribution in [0.25, 0.3) is 0 Å². The second kappa shape index (κ2) is 3.44. The van der Waals surface area contributed by atoms with E-state index in [2.05, 4.69) is 4.99 Å². The molecule has 0 aromatic rings. The Hall–Kier alpha value is -0.570. The van der Waals surface area contributed by atoms with E-state index < -0.39 is 0 Å². The largest absolute Gasteiger partial charge is 0.385 e. The first-order chi connectivity index (χ1) is 5.54. The lowest BCUT2D eigenvalue weighted by molar-refractivity contribution is 0.0763.